The second kappa shape index (κ2) is 8.58. The van der Waals surface area contributed by atoms with E-state index in [-0.39, 0.29) is 5.91 Å². The highest BCUT2D eigenvalue weighted by molar-refractivity contribution is 5.94. The van der Waals surface area contributed by atoms with Crippen molar-refractivity contribution in [3.8, 4) is 11.4 Å². The molecule has 1 fully saturated rings. The summed E-state index contributed by atoms with van der Waals surface area (Å²) in [5, 5.41) is 4.80. The number of para-hydroxylation sites is 1. The normalized spacial score (nSPS) is 16.4. The number of carbonyl (C=O) groups excluding carboxylic acids is 1. The fourth-order valence-electron chi connectivity index (χ4n) is 4.69. The van der Waals surface area contributed by atoms with E-state index in [0.717, 1.165) is 62.2 Å². The van der Waals surface area contributed by atoms with Gasteiger partial charge in [-0.15, -0.1) is 0 Å². The Balaban J connectivity index is 1.26. The average molecular weight is 416 g/mol. The van der Waals surface area contributed by atoms with Crippen LogP contribution in [0.3, 0.4) is 0 Å². The Kier molecular flexibility index (Phi) is 5.49. The molecule has 5 nitrogen and oxygen atoms in total. The zero-order valence-electron chi connectivity index (χ0n) is 18.1. The highest BCUT2D eigenvalue weighted by atomic mass is 16.5. The zero-order valence-corrected chi connectivity index (χ0v) is 18.1. The van der Waals surface area contributed by atoms with Crippen molar-refractivity contribution in [3.05, 3.63) is 77.1 Å². The first-order chi connectivity index (χ1) is 15.2. The average Bonchev–Trinajstić information content (AvgIpc) is 3.42. The molecule has 0 atom stereocenters. The number of rotatable bonds is 5. The number of aromatic nitrogens is 2. The van der Waals surface area contributed by atoms with Crippen molar-refractivity contribution < 1.29 is 9.53 Å². The van der Waals surface area contributed by atoms with Crippen molar-refractivity contribution in [2.45, 2.75) is 39.0 Å². The van der Waals surface area contributed by atoms with Gasteiger partial charge in [0.05, 0.1) is 12.3 Å². The molecule has 31 heavy (non-hydrogen) atoms. The third kappa shape index (κ3) is 4.09. The smallest absolute Gasteiger partial charge is 0.274 e. The first kappa shape index (κ1) is 19.9. The van der Waals surface area contributed by atoms with Gasteiger partial charge in [-0.2, -0.15) is 5.10 Å². The van der Waals surface area contributed by atoms with Gasteiger partial charge in [0, 0.05) is 24.3 Å². The summed E-state index contributed by atoms with van der Waals surface area (Å²) in [6.07, 6.45) is 4.98. The molecular formula is C26H29N3O2. The number of hydrogen-bond donors (Lipinski definition) is 0. The highest BCUT2D eigenvalue weighted by Gasteiger charge is 2.31. The maximum atomic E-state index is 13.4. The molecule has 1 amide bonds. The molecule has 1 aliphatic carbocycles. The zero-order chi connectivity index (χ0) is 21.2. The molecule has 2 heterocycles. The van der Waals surface area contributed by atoms with Gasteiger partial charge in [0.1, 0.15) is 5.75 Å². The predicted molar refractivity (Wildman–Crippen MR) is 121 cm³/mol. The number of ether oxygens (including phenoxy) is 1. The molecule has 0 unspecified atom stereocenters. The molecule has 5 rings (SSSR count). The van der Waals surface area contributed by atoms with E-state index < -0.39 is 0 Å². The molecule has 0 bridgehead atoms. The highest BCUT2D eigenvalue weighted by Crippen LogP contribution is 2.30. The summed E-state index contributed by atoms with van der Waals surface area (Å²) in [5.74, 6) is 1.49. The lowest BCUT2D eigenvalue weighted by atomic mass is 9.97. The van der Waals surface area contributed by atoms with Crippen LogP contribution < -0.4 is 4.74 Å². The Morgan fingerprint density at radius 2 is 1.77 bits per heavy atom. The topological polar surface area (TPSA) is 47.4 Å². The Hall–Kier alpha value is -3.08. The fourth-order valence-corrected chi connectivity index (χ4v) is 4.69. The quantitative estimate of drug-likeness (QED) is 0.612. The predicted octanol–water partition coefficient (Wildman–Crippen LogP) is 4.60. The maximum Gasteiger partial charge on any atom is 0.274 e. The molecule has 1 saturated heterocycles. The van der Waals surface area contributed by atoms with Gasteiger partial charge < -0.3 is 9.64 Å². The second-order valence-corrected chi connectivity index (χ2v) is 8.73. The Morgan fingerprint density at radius 1 is 1.03 bits per heavy atom. The fraction of sp³-hybridized carbons (Fsp3) is 0.385. The standard InChI is InChI=1S/C26H29N3O2/c1-19-10-12-21(13-11-19)29-24-9-5-8-23(24)25(27-29)26(30)28-16-14-20(15-17-28)18-31-22-6-3-2-4-7-22/h2-4,6-7,10-13,20H,5,8-9,14-18H2,1H3. The molecule has 5 heteroatoms. The van der Waals surface area contributed by atoms with Gasteiger partial charge in [-0.25, -0.2) is 4.68 Å². The van der Waals surface area contributed by atoms with E-state index in [2.05, 4.69) is 31.2 Å². The summed E-state index contributed by atoms with van der Waals surface area (Å²) in [4.78, 5) is 15.3. The SMILES string of the molecule is Cc1ccc(-n2nc(C(=O)N3CCC(COc4ccccc4)CC3)c3c2CCC3)cc1. The number of benzene rings is 2. The largest absolute Gasteiger partial charge is 0.493 e. The molecule has 2 aliphatic rings. The molecule has 0 radical (unpaired) electrons. The summed E-state index contributed by atoms with van der Waals surface area (Å²) >= 11 is 0. The third-order valence-corrected chi connectivity index (χ3v) is 6.54. The number of nitrogens with zero attached hydrogens (tertiary/aromatic N) is 3. The number of hydrogen-bond acceptors (Lipinski definition) is 3. The van der Waals surface area contributed by atoms with E-state index in [1.807, 2.05) is 39.9 Å². The molecule has 3 aromatic rings. The summed E-state index contributed by atoms with van der Waals surface area (Å²) in [6, 6.07) is 18.3. The van der Waals surface area contributed by atoms with Gasteiger partial charge in [0.2, 0.25) is 0 Å². The minimum atomic E-state index is 0.0893. The second-order valence-electron chi connectivity index (χ2n) is 8.73. The van der Waals surface area contributed by atoms with Crippen LogP contribution in [0.1, 0.15) is 46.6 Å². The van der Waals surface area contributed by atoms with E-state index in [4.69, 9.17) is 9.84 Å². The Bertz CT molecular complexity index is 1050. The van der Waals surface area contributed by atoms with Gasteiger partial charge in [-0.1, -0.05) is 35.9 Å². The number of fused-ring (bicyclic) bond motifs is 1. The van der Waals surface area contributed by atoms with Gasteiger partial charge in [0.15, 0.2) is 5.69 Å². The van der Waals surface area contributed by atoms with Gasteiger partial charge >= 0.3 is 0 Å². The van der Waals surface area contributed by atoms with Crippen LogP contribution in [0, 0.1) is 12.8 Å². The van der Waals surface area contributed by atoms with Crippen LogP contribution in [0.2, 0.25) is 0 Å². The van der Waals surface area contributed by atoms with Crippen molar-refractivity contribution in [1.29, 1.82) is 0 Å². The van der Waals surface area contributed by atoms with Crippen molar-refractivity contribution in [1.82, 2.24) is 14.7 Å². The van der Waals surface area contributed by atoms with Crippen molar-refractivity contribution in [3.63, 3.8) is 0 Å². The van der Waals surface area contributed by atoms with Gasteiger partial charge in [-0.3, -0.25) is 4.79 Å². The van der Waals surface area contributed by atoms with Crippen molar-refractivity contribution >= 4 is 5.91 Å². The van der Waals surface area contributed by atoms with Crippen LogP contribution >= 0.6 is 0 Å². The van der Waals surface area contributed by atoms with Gasteiger partial charge in [0.25, 0.3) is 5.91 Å². The number of carbonyl (C=O) groups is 1. The summed E-state index contributed by atoms with van der Waals surface area (Å²) < 4.78 is 7.92. The molecule has 1 aromatic heterocycles. The van der Waals surface area contributed by atoms with E-state index in [1.54, 1.807) is 0 Å². The van der Waals surface area contributed by atoms with Crippen LogP contribution in [0.15, 0.2) is 54.6 Å². The van der Waals surface area contributed by atoms with Crippen LogP contribution in [-0.2, 0) is 12.8 Å². The van der Waals surface area contributed by atoms with Crippen molar-refractivity contribution in [2.24, 2.45) is 5.92 Å². The van der Waals surface area contributed by atoms with E-state index in [1.165, 1.54) is 11.3 Å². The molecule has 0 N–H and O–H groups in total. The first-order valence-corrected chi connectivity index (χ1v) is 11.3. The lowest BCUT2D eigenvalue weighted by Crippen LogP contribution is -2.40. The van der Waals surface area contributed by atoms with E-state index in [9.17, 15) is 4.79 Å². The molecule has 0 spiro atoms. The lowest BCUT2D eigenvalue weighted by molar-refractivity contribution is 0.0653. The monoisotopic (exact) mass is 415 g/mol. The number of piperidine rings is 1. The van der Waals surface area contributed by atoms with E-state index >= 15 is 0 Å². The van der Waals surface area contributed by atoms with Crippen LogP contribution in [0.4, 0.5) is 0 Å². The summed E-state index contributed by atoms with van der Waals surface area (Å²) in [7, 11) is 0. The van der Waals surface area contributed by atoms with Gasteiger partial charge in [-0.05, 0) is 69.2 Å². The third-order valence-electron chi connectivity index (χ3n) is 6.54. The van der Waals surface area contributed by atoms with E-state index in [0.29, 0.717) is 18.2 Å². The number of amides is 1. The summed E-state index contributed by atoms with van der Waals surface area (Å²) in [6.45, 7) is 4.34. The Labute approximate surface area is 183 Å². The Morgan fingerprint density at radius 3 is 2.52 bits per heavy atom. The minimum Gasteiger partial charge on any atom is -0.493 e. The number of likely N-dealkylation sites (tertiary alicyclic amines) is 1. The van der Waals surface area contributed by atoms with Crippen molar-refractivity contribution in [2.75, 3.05) is 19.7 Å². The lowest BCUT2D eigenvalue weighted by Gasteiger charge is -2.31. The first-order valence-electron chi connectivity index (χ1n) is 11.3. The molecular weight excluding hydrogens is 386 g/mol. The minimum absolute atomic E-state index is 0.0893. The molecule has 160 valence electrons. The molecule has 2 aromatic carbocycles. The van der Waals surface area contributed by atoms with Crippen LogP contribution in [0.5, 0.6) is 5.75 Å². The van der Waals surface area contributed by atoms with Crippen LogP contribution in [0.25, 0.3) is 5.69 Å². The van der Waals surface area contributed by atoms with Crippen LogP contribution in [-0.4, -0.2) is 40.3 Å². The summed E-state index contributed by atoms with van der Waals surface area (Å²) in [5.41, 5.74) is 5.29. The molecule has 1 aliphatic heterocycles. The molecule has 0 saturated carbocycles. The maximum absolute atomic E-state index is 13.4. The number of aryl methyl sites for hydroxylation is 1.